The van der Waals surface area contributed by atoms with Gasteiger partial charge in [-0.25, -0.2) is 0 Å². The number of hydrogen-bond acceptors (Lipinski definition) is 4. The van der Waals surface area contributed by atoms with Crippen molar-refractivity contribution in [2.24, 2.45) is 0 Å². The number of pyridine rings is 1. The van der Waals surface area contributed by atoms with E-state index in [1.807, 2.05) is 36.4 Å². The van der Waals surface area contributed by atoms with Gasteiger partial charge in [0, 0.05) is 28.3 Å². The third-order valence-electron chi connectivity index (χ3n) is 4.69. The molecule has 6 nitrogen and oxygen atoms in total. The molecule has 0 aliphatic heterocycles. The molecule has 150 valence electrons. The lowest BCUT2D eigenvalue weighted by Crippen LogP contribution is -2.23. The van der Waals surface area contributed by atoms with Crippen LogP contribution in [0.25, 0.3) is 23.1 Å². The summed E-state index contributed by atoms with van der Waals surface area (Å²) in [5.74, 6) is 1.85. The first kappa shape index (κ1) is 19.8. The number of carbonyl (C=O) groups is 2. The van der Waals surface area contributed by atoms with Gasteiger partial charge in [0.25, 0.3) is 5.91 Å². The summed E-state index contributed by atoms with van der Waals surface area (Å²) in [7, 11) is 0. The predicted molar refractivity (Wildman–Crippen MR) is 120 cm³/mol. The molecule has 0 fully saturated rings. The molecule has 4 rings (SSSR count). The van der Waals surface area contributed by atoms with Gasteiger partial charge in [0.15, 0.2) is 5.78 Å². The summed E-state index contributed by atoms with van der Waals surface area (Å²) in [4.78, 5) is 29.3. The minimum absolute atomic E-state index is 0.130. The Hall–Kier alpha value is -4.50. The number of aromatic amines is 1. The molecule has 2 N–H and O–H groups in total. The maximum atomic E-state index is 13.0. The highest BCUT2D eigenvalue weighted by atomic mass is 16.1. The number of benzene rings is 2. The van der Waals surface area contributed by atoms with Crippen molar-refractivity contribution in [2.45, 2.75) is 0 Å². The van der Waals surface area contributed by atoms with Gasteiger partial charge in [0.1, 0.15) is 0 Å². The summed E-state index contributed by atoms with van der Waals surface area (Å²) < 4.78 is 0. The predicted octanol–water partition coefficient (Wildman–Crippen LogP) is 3.72. The Morgan fingerprint density at radius 3 is 2.65 bits per heavy atom. The number of hydrogen-bond donors (Lipinski definition) is 2. The van der Waals surface area contributed by atoms with E-state index >= 15 is 0 Å². The van der Waals surface area contributed by atoms with Gasteiger partial charge in [-0.05, 0) is 48.6 Å². The molecular formula is C25H18N4O2. The van der Waals surface area contributed by atoms with Crippen LogP contribution < -0.4 is 5.32 Å². The monoisotopic (exact) mass is 406 g/mol. The summed E-state index contributed by atoms with van der Waals surface area (Å²) in [5.41, 5.74) is 3.63. The number of fused-ring (bicyclic) bond motifs is 1. The van der Waals surface area contributed by atoms with E-state index in [4.69, 9.17) is 6.42 Å². The topological polar surface area (TPSA) is 87.7 Å². The minimum atomic E-state index is -0.319. The smallest absolute Gasteiger partial charge is 0.252 e. The van der Waals surface area contributed by atoms with Crippen LogP contribution in [-0.2, 0) is 0 Å². The number of carbonyl (C=O) groups excluding carboxylic acids is 2. The molecule has 31 heavy (non-hydrogen) atoms. The van der Waals surface area contributed by atoms with Gasteiger partial charge in [-0.15, -0.1) is 6.42 Å². The van der Waals surface area contributed by atoms with Crippen LogP contribution in [0.5, 0.6) is 0 Å². The van der Waals surface area contributed by atoms with Crippen molar-refractivity contribution in [3.8, 4) is 12.3 Å². The van der Waals surface area contributed by atoms with Crippen LogP contribution in [0.1, 0.15) is 37.7 Å². The summed E-state index contributed by atoms with van der Waals surface area (Å²) in [6.07, 6.45) is 10.7. The summed E-state index contributed by atoms with van der Waals surface area (Å²) in [5, 5.41) is 10.8. The lowest BCUT2D eigenvalue weighted by molar-refractivity contribution is 0.0958. The fourth-order valence-electron chi connectivity index (χ4n) is 3.15. The van der Waals surface area contributed by atoms with Crippen molar-refractivity contribution < 1.29 is 9.59 Å². The number of aromatic nitrogens is 3. The van der Waals surface area contributed by atoms with Crippen molar-refractivity contribution in [1.82, 2.24) is 20.5 Å². The van der Waals surface area contributed by atoms with E-state index in [0.29, 0.717) is 16.7 Å². The number of H-pyrrole nitrogens is 1. The molecule has 0 saturated carbocycles. The summed E-state index contributed by atoms with van der Waals surface area (Å²) in [6, 6.07) is 17.6. The van der Waals surface area contributed by atoms with Gasteiger partial charge < -0.3 is 5.32 Å². The fraction of sp³-hybridized carbons (Fsp3) is 0.0400. The number of ketones is 1. The third kappa shape index (κ3) is 4.41. The van der Waals surface area contributed by atoms with Gasteiger partial charge in [-0.3, -0.25) is 19.7 Å². The van der Waals surface area contributed by atoms with E-state index in [1.54, 1.807) is 42.6 Å². The Labute approximate surface area is 179 Å². The Morgan fingerprint density at radius 2 is 1.84 bits per heavy atom. The largest absolute Gasteiger partial charge is 0.341 e. The summed E-state index contributed by atoms with van der Waals surface area (Å²) in [6.45, 7) is 0.130. The molecule has 6 heteroatoms. The standard InChI is InChI=1S/C25H18N4O2/c1-2-13-27-25(31)19-7-5-6-17(15-19)24(30)18-9-11-21-22(28-29-23(21)16-18)12-10-20-8-3-4-14-26-20/h1,3-12,14-16H,13H2,(H,27,31)(H,28,29)/b12-10+. The molecular weight excluding hydrogens is 388 g/mol. The number of nitrogens with zero attached hydrogens (tertiary/aromatic N) is 2. The maximum Gasteiger partial charge on any atom is 0.252 e. The van der Waals surface area contributed by atoms with Crippen LogP contribution in [-0.4, -0.2) is 33.4 Å². The molecule has 2 aromatic heterocycles. The normalized spacial score (nSPS) is 10.8. The second-order valence-corrected chi connectivity index (χ2v) is 6.75. The third-order valence-corrected chi connectivity index (χ3v) is 4.69. The number of amides is 1. The van der Waals surface area contributed by atoms with Crippen molar-refractivity contribution in [1.29, 1.82) is 0 Å². The molecule has 0 radical (unpaired) electrons. The molecule has 4 aromatic rings. The van der Waals surface area contributed by atoms with E-state index in [1.165, 1.54) is 0 Å². The van der Waals surface area contributed by atoms with E-state index in [0.717, 1.165) is 22.3 Å². The molecule has 0 spiro atoms. The Bertz CT molecular complexity index is 1330. The van der Waals surface area contributed by atoms with E-state index in [-0.39, 0.29) is 18.2 Å². The van der Waals surface area contributed by atoms with Crippen LogP contribution in [0.4, 0.5) is 0 Å². The van der Waals surface area contributed by atoms with Crippen molar-refractivity contribution in [2.75, 3.05) is 6.54 Å². The van der Waals surface area contributed by atoms with E-state index in [9.17, 15) is 9.59 Å². The second-order valence-electron chi connectivity index (χ2n) is 6.75. The molecule has 0 bridgehead atoms. The number of rotatable bonds is 6. The molecule has 0 aliphatic rings. The fourth-order valence-corrected chi connectivity index (χ4v) is 3.15. The first-order valence-corrected chi connectivity index (χ1v) is 9.59. The zero-order chi connectivity index (χ0) is 21.6. The average Bonchev–Trinajstić information content (AvgIpc) is 3.23. The minimum Gasteiger partial charge on any atom is -0.341 e. The van der Waals surface area contributed by atoms with Crippen LogP contribution >= 0.6 is 0 Å². The molecule has 0 aliphatic carbocycles. The molecule has 2 heterocycles. The lowest BCUT2D eigenvalue weighted by atomic mass is 10.00. The molecule has 0 atom stereocenters. The number of nitrogens with one attached hydrogen (secondary N) is 2. The highest BCUT2D eigenvalue weighted by molar-refractivity contribution is 6.11. The highest BCUT2D eigenvalue weighted by Crippen LogP contribution is 2.21. The van der Waals surface area contributed by atoms with Gasteiger partial charge in [-0.2, -0.15) is 5.10 Å². The van der Waals surface area contributed by atoms with E-state index < -0.39 is 0 Å². The quantitative estimate of drug-likeness (QED) is 0.377. The second kappa shape index (κ2) is 8.89. The maximum absolute atomic E-state index is 13.0. The first-order chi connectivity index (χ1) is 15.2. The zero-order valence-electron chi connectivity index (χ0n) is 16.5. The van der Waals surface area contributed by atoms with Crippen molar-refractivity contribution in [3.05, 3.63) is 94.9 Å². The highest BCUT2D eigenvalue weighted by Gasteiger charge is 2.14. The van der Waals surface area contributed by atoms with Gasteiger partial charge >= 0.3 is 0 Å². The molecule has 1 amide bonds. The Morgan fingerprint density at radius 1 is 1.00 bits per heavy atom. The lowest BCUT2D eigenvalue weighted by Gasteiger charge is -2.05. The first-order valence-electron chi connectivity index (χ1n) is 9.59. The van der Waals surface area contributed by atoms with Gasteiger partial charge in [0.2, 0.25) is 0 Å². The van der Waals surface area contributed by atoms with E-state index in [2.05, 4.69) is 26.4 Å². The Balaban J connectivity index is 1.58. The van der Waals surface area contributed by atoms with Crippen LogP contribution in [0, 0.1) is 12.3 Å². The van der Waals surface area contributed by atoms with Crippen molar-refractivity contribution in [3.63, 3.8) is 0 Å². The molecule has 2 aromatic carbocycles. The Kier molecular flexibility index (Phi) is 5.68. The number of terminal acetylenes is 1. The van der Waals surface area contributed by atoms with Crippen LogP contribution in [0.15, 0.2) is 66.9 Å². The van der Waals surface area contributed by atoms with Gasteiger partial charge in [-0.1, -0.05) is 30.2 Å². The SMILES string of the molecule is C#CCNC(=O)c1cccc(C(=O)c2ccc3c(/C=C/c4ccccn4)n[nH]c3c2)c1. The van der Waals surface area contributed by atoms with Crippen LogP contribution in [0.3, 0.4) is 0 Å². The van der Waals surface area contributed by atoms with Gasteiger partial charge in [0.05, 0.1) is 23.4 Å². The zero-order valence-corrected chi connectivity index (χ0v) is 16.5. The molecule has 0 unspecified atom stereocenters. The average molecular weight is 406 g/mol. The van der Waals surface area contributed by atoms with Crippen molar-refractivity contribution >= 4 is 34.7 Å². The summed E-state index contributed by atoms with van der Waals surface area (Å²) >= 11 is 0. The van der Waals surface area contributed by atoms with Crippen LogP contribution in [0.2, 0.25) is 0 Å². The molecule has 0 saturated heterocycles.